The summed E-state index contributed by atoms with van der Waals surface area (Å²) in [7, 11) is 0. The minimum Gasteiger partial charge on any atom is -0.462 e. The number of rotatable bonds is 7. The van der Waals surface area contributed by atoms with Crippen molar-refractivity contribution in [2.75, 3.05) is 13.2 Å². The summed E-state index contributed by atoms with van der Waals surface area (Å²) in [5.41, 5.74) is 1.55. The maximum Gasteiger partial charge on any atom is 0.339 e. The summed E-state index contributed by atoms with van der Waals surface area (Å²) >= 11 is 0. The first-order valence-electron chi connectivity index (χ1n) is 7.13. The van der Waals surface area contributed by atoms with E-state index in [1.807, 2.05) is 20.8 Å². The normalized spacial score (nSPS) is 9.86. The smallest absolute Gasteiger partial charge is 0.339 e. The molecule has 0 aromatic heterocycles. The van der Waals surface area contributed by atoms with E-state index in [4.69, 9.17) is 9.47 Å². The molecule has 114 valence electrons. The zero-order valence-electron chi connectivity index (χ0n) is 12.8. The lowest BCUT2D eigenvalue weighted by Gasteiger charge is -2.09. The minimum absolute atomic E-state index is 0.195. The Morgan fingerprint density at radius 3 is 2.14 bits per heavy atom. The molecule has 21 heavy (non-hydrogen) atoms. The molecule has 0 spiro atoms. The van der Waals surface area contributed by atoms with Gasteiger partial charge in [-0.25, -0.2) is 9.59 Å². The van der Waals surface area contributed by atoms with Crippen molar-refractivity contribution in [2.24, 2.45) is 0 Å². The quantitative estimate of drug-likeness (QED) is 0.436. The van der Waals surface area contributed by atoms with Crippen LogP contribution in [0.15, 0.2) is 35.9 Å². The molecule has 0 aliphatic heterocycles. The lowest BCUT2D eigenvalue weighted by atomic mass is 10.1. The fourth-order valence-electron chi connectivity index (χ4n) is 1.59. The molecule has 0 saturated carbocycles. The molecule has 0 aliphatic rings. The van der Waals surface area contributed by atoms with Crippen LogP contribution in [0.25, 0.3) is 0 Å². The van der Waals surface area contributed by atoms with E-state index in [0.717, 1.165) is 18.4 Å². The van der Waals surface area contributed by atoms with Crippen LogP contribution in [0.1, 0.15) is 54.3 Å². The third-order valence-corrected chi connectivity index (χ3v) is 2.80. The lowest BCUT2D eigenvalue weighted by Crippen LogP contribution is -2.14. The SMILES string of the molecule is CCCCOC(=O)c1ccccc1C(=O)OCC=C(C)C. The maximum absolute atomic E-state index is 12.0. The van der Waals surface area contributed by atoms with Crippen LogP contribution in [-0.4, -0.2) is 25.2 Å². The van der Waals surface area contributed by atoms with Gasteiger partial charge < -0.3 is 9.47 Å². The van der Waals surface area contributed by atoms with Crippen molar-refractivity contribution in [3.05, 3.63) is 47.0 Å². The Morgan fingerprint density at radius 2 is 1.62 bits per heavy atom. The Morgan fingerprint density at radius 1 is 1.05 bits per heavy atom. The fourth-order valence-corrected chi connectivity index (χ4v) is 1.59. The van der Waals surface area contributed by atoms with Gasteiger partial charge in [0.15, 0.2) is 0 Å². The Labute approximate surface area is 125 Å². The van der Waals surface area contributed by atoms with Crippen LogP contribution >= 0.6 is 0 Å². The molecule has 1 rings (SSSR count). The summed E-state index contributed by atoms with van der Waals surface area (Å²) in [4.78, 5) is 24.0. The van der Waals surface area contributed by atoms with Gasteiger partial charge in [-0.05, 0) is 38.5 Å². The Bertz CT molecular complexity index is 513. The van der Waals surface area contributed by atoms with Crippen LogP contribution in [0.5, 0.6) is 0 Å². The second-order valence-electron chi connectivity index (χ2n) is 4.91. The van der Waals surface area contributed by atoms with E-state index in [-0.39, 0.29) is 17.7 Å². The van der Waals surface area contributed by atoms with E-state index in [1.165, 1.54) is 0 Å². The molecule has 0 bridgehead atoms. The molecule has 0 saturated heterocycles. The van der Waals surface area contributed by atoms with Crippen molar-refractivity contribution in [2.45, 2.75) is 33.6 Å². The monoisotopic (exact) mass is 290 g/mol. The molecule has 0 N–H and O–H groups in total. The standard InChI is InChI=1S/C17H22O4/c1-4-5-11-20-16(18)14-8-6-7-9-15(14)17(19)21-12-10-13(2)3/h6-10H,4-5,11-12H2,1-3H3. The van der Waals surface area contributed by atoms with E-state index < -0.39 is 11.9 Å². The van der Waals surface area contributed by atoms with Gasteiger partial charge in [0.25, 0.3) is 0 Å². The molecule has 1 aromatic carbocycles. The Kier molecular flexibility index (Phi) is 7.23. The number of esters is 2. The van der Waals surface area contributed by atoms with Gasteiger partial charge in [-0.1, -0.05) is 31.1 Å². The molecule has 0 aliphatic carbocycles. The number of hydrogen-bond acceptors (Lipinski definition) is 4. The number of ether oxygens (including phenoxy) is 2. The average Bonchev–Trinajstić information content (AvgIpc) is 2.47. The summed E-state index contributed by atoms with van der Waals surface area (Å²) in [6.45, 7) is 6.42. The number of benzene rings is 1. The molecule has 0 atom stereocenters. The highest BCUT2D eigenvalue weighted by molar-refractivity contribution is 6.03. The number of carbonyl (C=O) groups is 2. The predicted molar refractivity (Wildman–Crippen MR) is 81.3 cm³/mol. The molecule has 0 fully saturated rings. The molecule has 0 radical (unpaired) electrons. The van der Waals surface area contributed by atoms with Gasteiger partial charge in [0.05, 0.1) is 17.7 Å². The second-order valence-corrected chi connectivity index (χ2v) is 4.91. The molecule has 4 nitrogen and oxygen atoms in total. The topological polar surface area (TPSA) is 52.6 Å². The summed E-state index contributed by atoms with van der Waals surface area (Å²) in [5, 5.41) is 0. The van der Waals surface area contributed by atoms with E-state index >= 15 is 0 Å². The summed E-state index contributed by atoms with van der Waals surface area (Å²) in [5.74, 6) is -1.01. The third kappa shape index (κ3) is 5.81. The van der Waals surface area contributed by atoms with Crippen LogP contribution in [0, 0.1) is 0 Å². The number of hydrogen-bond donors (Lipinski definition) is 0. The van der Waals surface area contributed by atoms with Crippen LogP contribution in [-0.2, 0) is 9.47 Å². The first-order chi connectivity index (χ1) is 10.1. The van der Waals surface area contributed by atoms with Crippen molar-refractivity contribution >= 4 is 11.9 Å². The van der Waals surface area contributed by atoms with E-state index in [9.17, 15) is 9.59 Å². The maximum atomic E-state index is 12.0. The van der Waals surface area contributed by atoms with E-state index in [2.05, 4.69) is 0 Å². The lowest BCUT2D eigenvalue weighted by molar-refractivity contribution is 0.0471. The van der Waals surface area contributed by atoms with Crippen LogP contribution in [0.2, 0.25) is 0 Å². The van der Waals surface area contributed by atoms with Gasteiger partial charge in [0.2, 0.25) is 0 Å². The summed E-state index contributed by atoms with van der Waals surface area (Å²) in [6.07, 6.45) is 3.55. The van der Waals surface area contributed by atoms with Crippen LogP contribution < -0.4 is 0 Å². The van der Waals surface area contributed by atoms with Gasteiger partial charge >= 0.3 is 11.9 Å². The third-order valence-electron chi connectivity index (χ3n) is 2.80. The highest BCUT2D eigenvalue weighted by Gasteiger charge is 2.18. The Hall–Kier alpha value is -2.10. The largest absolute Gasteiger partial charge is 0.462 e. The second kappa shape index (κ2) is 8.95. The van der Waals surface area contributed by atoms with Crippen molar-refractivity contribution in [1.29, 1.82) is 0 Å². The molecule has 0 unspecified atom stereocenters. The highest BCUT2D eigenvalue weighted by Crippen LogP contribution is 2.12. The van der Waals surface area contributed by atoms with Crippen molar-refractivity contribution in [1.82, 2.24) is 0 Å². The minimum atomic E-state index is -0.518. The van der Waals surface area contributed by atoms with Crippen molar-refractivity contribution in [3.63, 3.8) is 0 Å². The molecule has 0 amide bonds. The molecule has 1 aromatic rings. The van der Waals surface area contributed by atoms with E-state index in [1.54, 1.807) is 30.3 Å². The highest BCUT2D eigenvalue weighted by atomic mass is 16.5. The zero-order valence-corrected chi connectivity index (χ0v) is 12.8. The number of unbranched alkanes of at least 4 members (excludes halogenated alkanes) is 1. The predicted octanol–water partition coefficient (Wildman–Crippen LogP) is 3.77. The molecular weight excluding hydrogens is 268 g/mol. The zero-order chi connectivity index (χ0) is 15.7. The van der Waals surface area contributed by atoms with Crippen molar-refractivity contribution < 1.29 is 19.1 Å². The fraction of sp³-hybridized carbons (Fsp3) is 0.412. The van der Waals surface area contributed by atoms with Gasteiger partial charge in [-0.3, -0.25) is 0 Å². The summed E-state index contributed by atoms with van der Waals surface area (Å²) < 4.78 is 10.3. The van der Waals surface area contributed by atoms with Gasteiger partial charge in [0, 0.05) is 0 Å². The number of carbonyl (C=O) groups excluding carboxylic acids is 2. The molecule has 0 heterocycles. The van der Waals surface area contributed by atoms with Gasteiger partial charge in [-0.15, -0.1) is 0 Å². The van der Waals surface area contributed by atoms with Gasteiger partial charge in [-0.2, -0.15) is 0 Å². The van der Waals surface area contributed by atoms with Gasteiger partial charge in [0.1, 0.15) is 6.61 Å². The molecular formula is C17H22O4. The van der Waals surface area contributed by atoms with Crippen LogP contribution in [0.3, 0.4) is 0 Å². The van der Waals surface area contributed by atoms with Crippen LogP contribution in [0.4, 0.5) is 0 Å². The van der Waals surface area contributed by atoms with E-state index in [0.29, 0.717) is 6.61 Å². The summed E-state index contributed by atoms with van der Waals surface area (Å²) in [6, 6.07) is 6.54. The molecule has 4 heteroatoms. The average molecular weight is 290 g/mol. The first-order valence-corrected chi connectivity index (χ1v) is 7.13. The Balaban J connectivity index is 2.76. The first kappa shape index (κ1) is 17.0. The van der Waals surface area contributed by atoms with Crippen molar-refractivity contribution in [3.8, 4) is 0 Å². The number of allylic oxidation sites excluding steroid dienone is 1.